The van der Waals surface area contributed by atoms with E-state index < -0.39 is 22.1 Å². The zero-order valence-corrected chi connectivity index (χ0v) is 11.9. The topological polar surface area (TPSA) is 185 Å². The standard InChI is InChI=1S/C6H14N4O2.C2H6O3S2/c7-4(5(11)12)2-1-3-10-6(8)9;3-7(4,5)2-1-6/h4H,1-3,7H2,(H,11,12)(H4,8,9,10);6H,1-2H2,(H,3,4,5)/p-1. The highest BCUT2D eigenvalue weighted by molar-refractivity contribution is 7.87. The minimum atomic E-state index is -4.00. The van der Waals surface area contributed by atoms with Gasteiger partial charge in [-0.2, -0.15) is 12.6 Å². The summed E-state index contributed by atoms with van der Waals surface area (Å²) in [5.74, 6) is -1.26. The van der Waals surface area contributed by atoms with Gasteiger partial charge < -0.3 is 26.9 Å². The van der Waals surface area contributed by atoms with Crippen molar-refractivity contribution in [2.45, 2.75) is 18.9 Å². The van der Waals surface area contributed by atoms with Crippen LogP contribution in [0, 0.1) is 0 Å². The molecule has 9 nitrogen and oxygen atoms in total. The molecule has 0 rings (SSSR count). The lowest BCUT2D eigenvalue weighted by Gasteiger charge is -2.03. The largest absolute Gasteiger partial charge is 0.748 e. The second-order valence-electron chi connectivity index (χ2n) is 3.38. The molecule has 114 valence electrons. The number of nitrogens with two attached hydrogens (primary N) is 3. The van der Waals surface area contributed by atoms with E-state index in [2.05, 4.69) is 17.6 Å². The Morgan fingerprint density at radius 3 is 2.21 bits per heavy atom. The normalized spacial score (nSPS) is 11.9. The highest BCUT2D eigenvalue weighted by Gasteiger charge is 2.09. The Bertz CT molecular complexity index is 381. The second-order valence-corrected chi connectivity index (χ2v) is 5.35. The van der Waals surface area contributed by atoms with Crippen molar-refractivity contribution in [3.05, 3.63) is 0 Å². The molecule has 0 heterocycles. The van der Waals surface area contributed by atoms with Crippen molar-refractivity contribution >= 4 is 34.7 Å². The maximum atomic E-state index is 10.2. The fraction of sp³-hybridized carbons (Fsp3) is 0.750. The Labute approximate surface area is 117 Å². The number of nitrogens with zero attached hydrogens (tertiary/aromatic N) is 1. The van der Waals surface area contributed by atoms with Gasteiger partial charge in [0, 0.05) is 18.1 Å². The van der Waals surface area contributed by atoms with E-state index >= 15 is 0 Å². The van der Waals surface area contributed by atoms with Crippen LogP contribution in [0.4, 0.5) is 0 Å². The molecule has 0 radical (unpaired) electrons. The second kappa shape index (κ2) is 10.8. The van der Waals surface area contributed by atoms with Crippen LogP contribution in [0.3, 0.4) is 0 Å². The third kappa shape index (κ3) is 19.5. The first-order valence-electron chi connectivity index (χ1n) is 5.18. The Morgan fingerprint density at radius 2 is 1.95 bits per heavy atom. The predicted molar refractivity (Wildman–Crippen MR) is 73.9 cm³/mol. The molecule has 0 fully saturated rings. The van der Waals surface area contributed by atoms with Crippen LogP contribution in [0.1, 0.15) is 12.8 Å². The molecule has 7 N–H and O–H groups in total. The van der Waals surface area contributed by atoms with E-state index in [0.717, 1.165) is 0 Å². The molecule has 1 unspecified atom stereocenters. The summed E-state index contributed by atoms with van der Waals surface area (Å²) in [6.45, 7) is 0.420. The fourth-order valence-electron chi connectivity index (χ4n) is 0.755. The lowest BCUT2D eigenvalue weighted by molar-refractivity contribution is -0.138. The number of rotatable bonds is 7. The minimum Gasteiger partial charge on any atom is -0.748 e. The quantitative estimate of drug-likeness (QED) is 0.116. The van der Waals surface area contributed by atoms with Crippen molar-refractivity contribution in [2.75, 3.05) is 18.1 Å². The summed E-state index contributed by atoms with van der Waals surface area (Å²) in [7, 11) is -4.00. The number of carbonyl (C=O) groups is 1. The number of aliphatic carboxylic acids is 1. The molecule has 19 heavy (non-hydrogen) atoms. The molecule has 0 saturated carbocycles. The summed E-state index contributed by atoms with van der Waals surface area (Å²) >= 11 is 3.53. The van der Waals surface area contributed by atoms with Gasteiger partial charge in [0.25, 0.3) is 0 Å². The molecule has 0 aromatic rings. The van der Waals surface area contributed by atoms with E-state index in [0.29, 0.717) is 19.4 Å². The van der Waals surface area contributed by atoms with Crippen molar-refractivity contribution in [2.24, 2.45) is 22.2 Å². The van der Waals surface area contributed by atoms with Crippen molar-refractivity contribution in [3.63, 3.8) is 0 Å². The van der Waals surface area contributed by atoms with E-state index in [9.17, 15) is 17.8 Å². The van der Waals surface area contributed by atoms with Crippen LogP contribution in [0.25, 0.3) is 0 Å². The monoisotopic (exact) mass is 315 g/mol. The lowest BCUT2D eigenvalue weighted by Crippen LogP contribution is -2.30. The number of thiol groups is 1. The van der Waals surface area contributed by atoms with Gasteiger partial charge in [-0.25, -0.2) is 8.42 Å². The van der Waals surface area contributed by atoms with Crippen molar-refractivity contribution in [1.29, 1.82) is 0 Å². The van der Waals surface area contributed by atoms with E-state index in [-0.39, 0.29) is 17.5 Å². The third-order valence-corrected chi connectivity index (χ3v) is 2.86. The van der Waals surface area contributed by atoms with Crippen molar-refractivity contribution < 1.29 is 22.9 Å². The summed E-state index contributed by atoms with van der Waals surface area (Å²) in [5, 5.41) is 8.38. The Kier molecular flexibility index (Phi) is 11.6. The number of hydrogen-bond donors (Lipinski definition) is 5. The SMILES string of the molecule is NC(N)=NCCCC(N)C(=O)O.O=S(=O)([O-])CCS. The maximum absolute atomic E-state index is 10.2. The van der Waals surface area contributed by atoms with Crippen LogP contribution in [0.5, 0.6) is 0 Å². The molecule has 0 aromatic heterocycles. The first-order valence-corrected chi connectivity index (χ1v) is 7.39. The lowest BCUT2D eigenvalue weighted by atomic mass is 10.2. The summed E-state index contributed by atoms with van der Waals surface area (Å²) in [6, 6.07) is -0.820. The van der Waals surface area contributed by atoms with Gasteiger partial charge in [-0.05, 0) is 12.8 Å². The van der Waals surface area contributed by atoms with Crippen molar-refractivity contribution in [3.8, 4) is 0 Å². The zero-order valence-electron chi connectivity index (χ0n) is 10.2. The molecule has 0 amide bonds. The molecule has 0 aliphatic carbocycles. The van der Waals surface area contributed by atoms with Crippen LogP contribution >= 0.6 is 12.6 Å². The van der Waals surface area contributed by atoms with Gasteiger partial charge in [-0.3, -0.25) is 9.79 Å². The molecule has 0 spiro atoms. The molecular formula is C8H19N4O5S2-. The number of hydrogen-bond acceptors (Lipinski definition) is 7. The number of carboxylic acid groups (broad SMARTS) is 1. The van der Waals surface area contributed by atoms with E-state index in [1.54, 1.807) is 0 Å². The fourth-order valence-corrected chi connectivity index (χ4v) is 1.65. The Morgan fingerprint density at radius 1 is 1.42 bits per heavy atom. The molecule has 0 saturated heterocycles. The van der Waals surface area contributed by atoms with Gasteiger partial charge in [0.05, 0.1) is 10.1 Å². The molecule has 1 atom stereocenters. The highest BCUT2D eigenvalue weighted by atomic mass is 32.2. The summed E-state index contributed by atoms with van der Waals surface area (Å²) in [4.78, 5) is 13.9. The first-order chi connectivity index (χ1) is 8.60. The van der Waals surface area contributed by atoms with Gasteiger partial charge in [0.2, 0.25) is 0 Å². The smallest absolute Gasteiger partial charge is 0.320 e. The average Bonchev–Trinajstić information content (AvgIpc) is 2.22. The number of carboxylic acids is 1. The number of guanidine groups is 1. The zero-order chi connectivity index (χ0) is 15.5. The van der Waals surface area contributed by atoms with Crippen LogP contribution < -0.4 is 17.2 Å². The van der Waals surface area contributed by atoms with Crippen LogP contribution in [-0.4, -0.2) is 54.1 Å². The third-order valence-electron chi connectivity index (χ3n) is 1.63. The Balaban J connectivity index is 0. The molecule has 0 bridgehead atoms. The molecule has 11 heteroatoms. The summed E-state index contributed by atoms with van der Waals surface area (Å²) < 4.78 is 28.9. The summed E-state index contributed by atoms with van der Waals surface area (Å²) in [6.07, 6.45) is 0.956. The average molecular weight is 315 g/mol. The van der Waals surface area contributed by atoms with Gasteiger partial charge in [0.15, 0.2) is 5.96 Å². The van der Waals surface area contributed by atoms with Gasteiger partial charge in [-0.1, -0.05) is 0 Å². The van der Waals surface area contributed by atoms with Crippen LogP contribution in [-0.2, 0) is 14.9 Å². The van der Waals surface area contributed by atoms with Crippen LogP contribution in [0.15, 0.2) is 4.99 Å². The van der Waals surface area contributed by atoms with Crippen LogP contribution in [0.2, 0.25) is 0 Å². The molecular weight excluding hydrogens is 296 g/mol. The maximum Gasteiger partial charge on any atom is 0.320 e. The van der Waals surface area contributed by atoms with E-state index in [4.69, 9.17) is 22.3 Å². The van der Waals surface area contributed by atoms with Gasteiger partial charge in [0.1, 0.15) is 6.04 Å². The minimum absolute atomic E-state index is 0.0129. The predicted octanol–water partition coefficient (Wildman–Crippen LogP) is -2.09. The highest BCUT2D eigenvalue weighted by Crippen LogP contribution is 1.94. The van der Waals surface area contributed by atoms with Gasteiger partial charge >= 0.3 is 5.97 Å². The van der Waals surface area contributed by atoms with Gasteiger partial charge in [-0.15, -0.1) is 0 Å². The molecule has 0 aromatic carbocycles. The first kappa shape index (κ1) is 20.3. The van der Waals surface area contributed by atoms with E-state index in [1.165, 1.54) is 0 Å². The molecule has 0 aliphatic heterocycles. The van der Waals surface area contributed by atoms with E-state index in [1.807, 2.05) is 0 Å². The Hall–Kier alpha value is -1.04. The van der Waals surface area contributed by atoms with Crippen molar-refractivity contribution in [1.82, 2.24) is 0 Å². The number of aliphatic imine (C=N–C) groups is 1. The summed E-state index contributed by atoms with van der Waals surface area (Å²) in [5.41, 5.74) is 15.3. The molecule has 0 aliphatic rings.